The van der Waals surface area contributed by atoms with Crippen LogP contribution in [0.1, 0.15) is 18.1 Å². The fraction of sp³-hybridized carbons (Fsp3) is 0.214. The number of fused-ring (bicyclic) bond motifs is 4. The van der Waals surface area contributed by atoms with E-state index in [1.807, 2.05) is 36.7 Å². The van der Waals surface area contributed by atoms with Crippen LogP contribution in [-0.2, 0) is 9.53 Å². The zero-order valence-electron chi connectivity index (χ0n) is 19.3. The SMILES string of the molecule is CC(=O)Nc1ccccc1C#Cc1c[nH]c2ncc(-c3ccc4c(c3)OCC3COCCN43)cc12. The molecule has 0 saturated carbocycles. The van der Waals surface area contributed by atoms with Crippen LogP contribution in [0.4, 0.5) is 11.4 Å². The molecule has 0 bridgehead atoms. The number of benzene rings is 2. The number of anilines is 2. The van der Waals surface area contributed by atoms with Gasteiger partial charge in [0.1, 0.15) is 18.0 Å². The lowest BCUT2D eigenvalue weighted by atomic mass is 10.0. The standard InChI is InChI=1S/C28H24N4O3/c1-18(33)31-25-5-3-2-4-19(25)6-7-21-14-29-28-24(21)12-22(15-30-28)20-8-9-26-27(13-20)35-17-23-16-34-11-10-32(23)26/h2-5,8-9,12-15,23H,10-11,16-17H2,1H3,(H,29,30)(H,31,33). The highest BCUT2D eigenvalue weighted by Gasteiger charge is 2.30. The molecule has 174 valence electrons. The third-order valence-electron chi connectivity index (χ3n) is 6.36. The molecule has 2 aliphatic heterocycles. The molecule has 0 spiro atoms. The normalized spacial score (nSPS) is 16.5. The molecule has 4 aromatic rings. The first kappa shape index (κ1) is 21.3. The van der Waals surface area contributed by atoms with E-state index in [4.69, 9.17) is 9.47 Å². The predicted octanol–water partition coefficient (Wildman–Crippen LogP) is 4.19. The van der Waals surface area contributed by atoms with Gasteiger partial charge in [0, 0.05) is 42.4 Å². The lowest BCUT2D eigenvalue weighted by Crippen LogP contribution is -2.51. The van der Waals surface area contributed by atoms with Gasteiger partial charge >= 0.3 is 0 Å². The summed E-state index contributed by atoms with van der Waals surface area (Å²) in [6.45, 7) is 4.44. The van der Waals surface area contributed by atoms with Crippen LogP contribution < -0.4 is 15.0 Å². The van der Waals surface area contributed by atoms with E-state index in [0.29, 0.717) is 18.9 Å². The number of carbonyl (C=O) groups is 1. The molecule has 2 N–H and O–H groups in total. The molecular weight excluding hydrogens is 440 g/mol. The minimum atomic E-state index is -0.127. The summed E-state index contributed by atoms with van der Waals surface area (Å²) in [5.41, 5.74) is 6.23. The molecule has 1 unspecified atom stereocenters. The molecule has 35 heavy (non-hydrogen) atoms. The smallest absolute Gasteiger partial charge is 0.221 e. The Balaban J connectivity index is 1.33. The first-order valence-electron chi connectivity index (χ1n) is 11.6. The highest BCUT2D eigenvalue weighted by molar-refractivity contribution is 5.91. The number of rotatable bonds is 2. The molecule has 0 aliphatic carbocycles. The molecule has 0 radical (unpaired) electrons. The summed E-state index contributed by atoms with van der Waals surface area (Å²) >= 11 is 0. The van der Waals surface area contributed by atoms with Crippen LogP contribution in [0.25, 0.3) is 22.2 Å². The Morgan fingerprint density at radius 1 is 1.11 bits per heavy atom. The molecule has 1 saturated heterocycles. The number of pyridine rings is 1. The maximum atomic E-state index is 11.5. The van der Waals surface area contributed by atoms with Crippen molar-refractivity contribution < 1.29 is 14.3 Å². The largest absolute Gasteiger partial charge is 0.489 e. The van der Waals surface area contributed by atoms with E-state index >= 15 is 0 Å². The van der Waals surface area contributed by atoms with Crippen molar-refractivity contribution in [1.29, 1.82) is 0 Å². The van der Waals surface area contributed by atoms with Gasteiger partial charge in [-0.15, -0.1) is 0 Å². The topological polar surface area (TPSA) is 79.5 Å². The third kappa shape index (κ3) is 4.09. The van der Waals surface area contributed by atoms with Crippen molar-refractivity contribution in [2.75, 3.05) is 36.6 Å². The molecule has 7 heteroatoms. The molecular formula is C28H24N4O3. The summed E-state index contributed by atoms with van der Waals surface area (Å²) in [6.07, 6.45) is 3.73. The number of ether oxygens (including phenoxy) is 2. The molecule has 7 nitrogen and oxygen atoms in total. The maximum absolute atomic E-state index is 11.5. The number of aromatic amines is 1. The van der Waals surface area contributed by atoms with Crippen LogP contribution in [0.3, 0.4) is 0 Å². The van der Waals surface area contributed by atoms with Gasteiger partial charge in [-0.05, 0) is 35.9 Å². The van der Waals surface area contributed by atoms with Crippen molar-refractivity contribution in [2.24, 2.45) is 0 Å². The Labute approximate surface area is 203 Å². The van der Waals surface area contributed by atoms with Crippen LogP contribution >= 0.6 is 0 Å². The fourth-order valence-corrected chi connectivity index (χ4v) is 4.63. The number of aromatic nitrogens is 2. The Hall–Kier alpha value is -4.28. The highest BCUT2D eigenvalue weighted by Crippen LogP contribution is 2.38. The summed E-state index contributed by atoms with van der Waals surface area (Å²) in [6, 6.07) is 16.2. The Kier molecular flexibility index (Phi) is 5.36. The lowest BCUT2D eigenvalue weighted by Gasteiger charge is -2.41. The van der Waals surface area contributed by atoms with Crippen LogP contribution in [0.5, 0.6) is 5.75 Å². The number of H-pyrrole nitrogens is 1. The van der Waals surface area contributed by atoms with Gasteiger partial charge in [-0.3, -0.25) is 4.79 Å². The van der Waals surface area contributed by atoms with Crippen LogP contribution in [-0.4, -0.2) is 48.3 Å². The van der Waals surface area contributed by atoms with Gasteiger partial charge < -0.3 is 24.7 Å². The summed E-state index contributed by atoms with van der Waals surface area (Å²) in [5, 5.41) is 3.77. The monoisotopic (exact) mass is 464 g/mol. The second kappa shape index (κ2) is 8.82. The Bertz CT molecular complexity index is 1500. The fourth-order valence-electron chi connectivity index (χ4n) is 4.63. The average molecular weight is 465 g/mol. The van der Waals surface area contributed by atoms with Crippen molar-refractivity contribution in [3.05, 3.63) is 72.1 Å². The summed E-state index contributed by atoms with van der Waals surface area (Å²) in [5.74, 6) is 7.20. The summed E-state index contributed by atoms with van der Waals surface area (Å²) in [4.78, 5) is 21.7. The second-order valence-corrected chi connectivity index (χ2v) is 8.71. The molecule has 1 atom stereocenters. The average Bonchev–Trinajstić information content (AvgIpc) is 3.29. The highest BCUT2D eigenvalue weighted by atomic mass is 16.5. The quantitative estimate of drug-likeness (QED) is 0.435. The van der Waals surface area contributed by atoms with Gasteiger partial charge in [0.15, 0.2) is 0 Å². The molecule has 2 aromatic heterocycles. The number of carbonyl (C=O) groups excluding carboxylic acids is 1. The minimum absolute atomic E-state index is 0.127. The van der Waals surface area contributed by atoms with Crippen molar-refractivity contribution in [3.8, 4) is 28.7 Å². The van der Waals surface area contributed by atoms with Crippen molar-refractivity contribution in [1.82, 2.24) is 9.97 Å². The number of amides is 1. The zero-order chi connectivity index (χ0) is 23.8. The second-order valence-electron chi connectivity index (χ2n) is 8.71. The predicted molar refractivity (Wildman–Crippen MR) is 136 cm³/mol. The van der Waals surface area contributed by atoms with Crippen LogP contribution in [0.2, 0.25) is 0 Å². The van der Waals surface area contributed by atoms with Crippen LogP contribution in [0, 0.1) is 11.8 Å². The third-order valence-corrected chi connectivity index (χ3v) is 6.36. The molecule has 6 rings (SSSR count). The van der Waals surface area contributed by atoms with Gasteiger partial charge in [-0.1, -0.05) is 30.0 Å². The molecule has 1 amide bonds. The van der Waals surface area contributed by atoms with E-state index in [0.717, 1.165) is 57.9 Å². The molecule has 4 heterocycles. The van der Waals surface area contributed by atoms with Gasteiger partial charge in [-0.2, -0.15) is 0 Å². The van der Waals surface area contributed by atoms with Gasteiger partial charge in [0.25, 0.3) is 0 Å². The summed E-state index contributed by atoms with van der Waals surface area (Å²) in [7, 11) is 0. The number of nitrogens with one attached hydrogen (secondary N) is 2. The number of hydrogen-bond donors (Lipinski definition) is 2. The van der Waals surface area contributed by atoms with E-state index in [1.54, 1.807) is 0 Å². The maximum Gasteiger partial charge on any atom is 0.221 e. The molecule has 1 fully saturated rings. The lowest BCUT2D eigenvalue weighted by molar-refractivity contribution is -0.114. The Morgan fingerprint density at radius 2 is 2.00 bits per heavy atom. The van der Waals surface area contributed by atoms with E-state index in [1.165, 1.54) is 6.92 Å². The minimum Gasteiger partial charge on any atom is -0.489 e. The van der Waals surface area contributed by atoms with E-state index in [-0.39, 0.29) is 11.9 Å². The van der Waals surface area contributed by atoms with Gasteiger partial charge in [0.2, 0.25) is 5.91 Å². The van der Waals surface area contributed by atoms with E-state index in [9.17, 15) is 4.79 Å². The van der Waals surface area contributed by atoms with Crippen molar-refractivity contribution in [2.45, 2.75) is 13.0 Å². The summed E-state index contributed by atoms with van der Waals surface area (Å²) < 4.78 is 11.7. The van der Waals surface area contributed by atoms with Gasteiger partial charge in [0.05, 0.1) is 36.2 Å². The first-order chi connectivity index (χ1) is 17.2. The number of morpholine rings is 1. The zero-order valence-corrected chi connectivity index (χ0v) is 19.3. The van der Waals surface area contributed by atoms with Gasteiger partial charge in [-0.25, -0.2) is 4.98 Å². The first-order valence-corrected chi connectivity index (χ1v) is 11.6. The van der Waals surface area contributed by atoms with Crippen molar-refractivity contribution in [3.63, 3.8) is 0 Å². The molecule has 2 aromatic carbocycles. The van der Waals surface area contributed by atoms with Crippen molar-refractivity contribution >= 4 is 28.3 Å². The van der Waals surface area contributed by atoms with Crippen LogP contribution in [0.15, 0.2) is 60.9 Å². The number of nitrogens with zero attached hydrogens (tertiary/aromatic N) is 2. The number of hydrogen-bond acceptors (Lipinski definition) is 5. The Morgan fingerprint density at radius 3 is 2.91 bits per heavy atom. The van der Waals surface area contributed by atoms with E-state index in [2.05, 4.69) is 56.3 Å². The van der Waals surface area contributed by atoms with E-state index < -0.39 is 0 Å². The molecule has 2 aliphatic rings. The number of para-hydroxylation sites is 1.